The third kappa shape index (κ3) is 2.91. The van der Waals surface area contributed by atoms with E-state index in [4.69, 9.17) is 5.11 Å². The van der Waals surface area contributed by atoms with Crippen molar-refractivity contribution in [2.75, 3.05) is 24.5 Å². The number of sulfonamides is 1. The van der Waals surface area contributed by atoms with Crippen LogP contribution in [0.1, 0.15) is 25.3 Å². The third-order valence-electron chi connectivity index (χ3n) is 4.77. The molecule has 1 N–H and O–H groups in total. The average Bonchev–Trinajstić information content (AvgIpc) is 2.98. The Balaban J connectivity index is 1.82. The van der Waals surface area contributed by atoms with Crippen LogP contribution in [0.4, 0.5) is 5.69 Å². The molecule has 1 fully saturated rings. The second kappa shape index (κ2) is 6.18. The molecule has 8 heteroatoms. The van der Waals surface area contributed by atoms with Gasteiger partial charge >= 0.3 is 5.97 Å². The van der Waals surface area contributed by atoms with Gasteiger partial charge in [0.05, 0.1) is 10.8 Å². The van der Waals surface area contributed by atoms with Crippen LogP contribution in [0.25, 0.3) is 0 Å². The standard InChI is InChI=1S/C16H20N2O5S/c1-11(19)18-9-6-13-10-14(2-3-15(13)18)24(22,23)17-7-4-12(5-8-17)16(20)21/h2-3,10,12H,4-9H2,1H3,(H,20,21). The van der Waals surface area contributed by atoms with E-state index in [2.05, 4.69) is 0 Å². The summed E-state index contributed by atoms with van der Waals surface area (Å²) in [4.78, 5) is 24.4. The average molecular weight is 352 g/mol. The lowest BCUT2D eigenvalue weighted by Gasteiger charge is -2.29. The van der Waals surface area contributed by atoms with Crippen LogP contribution < -0.4 is 4.90 Å². The number of amides is 1. The number of nitrogens with zero attached hydrogens (tertiary/aromatic N) is 2. The summed E-state index contributed by atoms with van der Waals surface area (Å²) in [7, 11) is -3.63. The second-order valence-corrected chi connectivity index (χ2v) is 8.17. The van der Waals surface area contributed by atoms with Crippen molar-refractivity contribution >= 4 is 27.6 Å². The topological polar surface area (TPSA) is 95.0 Å². The van der Waals surface area contributed by atoms with E-state index < -0.39 is 21.9 Å². The maximum atomic E-state index is 12.8. The molecule has 7 nitrogen and oxygen atoms in total. The van der Waals surface area contributed by atoms with E-state index >= 15 is 0 Å². The van der Waals surface area contributed by atoms with Crippen molar-refractivity contribution in [1.29, 1.82) is 0 Å². The minimum atomic E-state index is -3.63. The SMILES string of the molecule is CC(=O)N1CCc2cc(S(=O)(=O)N3CCC(C(=O)O)CC3)ccc21. The van der Waals surface area contributed by atoms with E-state index in [1.807, 2.05) is 0 Å². The highest BCUT2D eigenvalue weighted by atomic mass is 32.2. The molecule has 0 spiro atoms. The number of hydrogen-bond acceptors (Lipinski definition) is 4. The number of carbonyl (C=O) groups is 2. The molecule has 0 radical (unpaired) electrons. The van der Waals surface area contributed by atoms with Crippen molar-refractivity contribution in [2.45, 2.75) is 31.1 Å². The van der Waals surface area contributed by atoms with Crippen LogP contribution in [0.2, 0.25) is 0 Å². The molecule has 2 heterocycles. The Morgan fingerprint density at radius 1 is 1.17 bits per heavy atom. The molecule has 0 saturated carbocycles. The number of benzene rings is 1. The number of carbonyl (C=O) groups excluding carboxylic acids is 1. The largest absolute Gasteiger partial charge is 0.481 e. The Kier molecular flexibility index (Phi) is 4.35. The molecule has 130 valence electrons. The van der Waals surface area contributed by atoms with Crippen LogP contribution in [-0.4, -0.2) is 49.3 Å². The van der Waals surface area contributed by atoms with Gasteiger partial charge in [0, 0.05) is 32.2 Å². The van der Waals surface area contributed by atoms with Gasteiger partial charge in [-0.1, -0.05) is 0 Å². The molecule has 1 saturated heterocycles. The molecule has 2 aliphatic heterocycles. The van der Waals surface area contributed by atoms with Gasteiger partial charge in [-0.25, -0.2) is 8.42 Å². The van der Waals surface area contributed by atoms with Gasteiger partial charge in [0.25, 0.3) is 0 Å². The number of carboxylic acids is 1. The molecular weight excluding hydrogens is 332 g/mol. The third-order valence-corrected chi connectivity index (χ3v) is 6.66. The molecule has 0 aromatic heterocycles. The van der Waals surface area contributed by atoms with Crippen LogP contribution >= 0.6 is 0 Å². The summed E-state index contributed by atoms with van der Waals surface area (Å²) in [6.07, 6.45) is 1.30. The van der Waals surface area contributed by atoms with E-state index in [0.29, 0.717) is 25.8 Å². The van der Waals surface area contributed by atoms with Crippen LogP contribution in [-0.2, 0) is 26.0 Å². The molecular formula is C16H20N2O5S. The maximum absolute atomic E-state index is 12.8. The Labute approximate surface area is 140 Å². The van der Waals surface area contributed by atoms with E-state index in [9.17, 15) is 18.0 Å². The zero-order chi connectivity index (χ0) is 17.5. The minimum Gasteiger partial charge on any atom is -0.481 e. The van der Waals surface area contributed by atoms with E-state index in [1.165, 1.54) is 17.3 Å². The Morgan fingerprint density at radius 3 is 2.42 bits per heavy atom. The van der Waals surface area contributed by atoms with Gasteiger partial charge < -0.3 is 10.0 Å². The van der Waals surface area contributed by atoms with Crippen molar-refractivity contribution in [3.8, 4) is 0 Å². The first-order valence-corrected chi connectivity index (χ1v) is 9.38. The van der Waals surface area contributed by atoms with E-state index in [1.54, 1.807) is 17.0 Å². The van der Waals surface area contributed by atoms with E-state index in [-0.39, 0.29) is 23.9 Å². The van der Waals surface area contributed by atoms with Gasteiger partial charge in [-0.2, -0.15) is 4.31 Å². The molecule has 1 aromatic rings. The van der Waals surface area contributed by atoms with Crippen molar-refractivity contribution in [1.82, 2.24) is 4.31 Å². The van der Waals surface area contributed by atoms with Crippen LogP contribution in [0.3, 0.4) is 0 Å². The molecule has 0 bridgehead atoms. The number of rotatable bonds is 3. The molecule has 0 aliphatic carbocycles. The molecule has 2 aliphatic rings. The second-order valence-electron chi connectivity index (χ2n) is 6.23. The summed E-state index contributed by atoms with van der Waals surface area (Å²) < 4.78 is 26.9. The Bertz CT molecular complexity index is 782. The van der Waals surface area contributed by atoms with Crippen LogP contribution in [0.5, 0.6) is 0 Å². The lowest BCUT2D eigenvalue weighted by atomic mass is 9.99. The highest BCUT2D eigenvalue weighted by molar-refractivity contribution is 7.89. The zero-order valence-electron chi connectivity index (χ0n) is 13.4. The number of anilines is 1. The number of carboxylic acid groups (broad SMARTS) is 1. The lowest BCUT2D eigenvalue weighted by molar-refractivity contribution is -0.142. The number of hydrogen-bond donors (Lipinski definition) is 1. The fourth-order valence-corrected chi connectivity index (χ4v) is 4.88. The summed E-state index contributed by atoms with van der Waals surface area (Å²) in [5.74, 6) is -1.39. The predicted molar refractivity (Wildman–Crippen MR) is 87.3 cm³/mol. The van der Waals surface area contributed by atoms with Crippen molar-refractivity contribution in [3.05, 3.63) is 23.8 Å². The fourth-order valence-electron chi connectivity index (χ4n) is 3.36. The first kappa shape index (κ1) is 16.9. The summed E-state index contributed by atoms with van der Waals surface area (Å²) in [6.45, 7) is 2.50. The normalized spacial score (nSPS) is 19.3. The fraction of sp³-hybridized carbons (Fsp3) is 0.500. The van der Waals surface area contributed by atoms with Crippen LogP contribution in [0.15, 0.2) is 23.1 Å². The first-order chi connectivity index (χ1) is 11.3. The number of fused-ring (bicyclic) bond motifs is 1. The molecule has 0 unspecified atom stereocenters. The van der Waals surface area contributed by atoms with E-state index in [0.717, 1.165) is 11.3 Å². The Morgan fingerprint density at radius 2 is 1.83 bits per heavy atom. The minimum absolute atomic E-state index is 0.0555. The first-order valence-electron chi connectivity index (χ1n) is 7.94. The molecule has 1 aromatic carbocycles. The maximum Gasteiger partial charge on any atom is 0.306 e. The van der Waals surface area contributed by atoms with Gasteiger partial charge in [-0.3, -0.25) is 9.59 Å². The zero-order valence-corrected chi connectivity index (χ0v) is 14.3. The molecule has 0 atom stereocenters. The number of piperidine rings is 1. The predicted octanol–water partition coefficient (Wildman–Crippen LogP) is 1.08. The van der Waals surface area contributed by atoms with Crippen molar-refractivity contribution in [3.63, 3.8) is 0 Å². The quantitative estimate of drug-likeness (QED) is 0.878. The number of aliphatic carboxylic acids is 1. The van der Waals surface area contributed by atoms with Crippen molar-refractivity contribution < 1.29 is 23.1 Å². The summed E-state index contributed by atoms with van der Waals surface area (Å²) >= 11 is 0. The monoisotopic (exact) mass is 352 g/mol. The molecule has 1 amide bonds. The summed E-state index contributed by atoms with van der Waals surface area (Å²) in [5, 5.41) is 9.02. The van der Waals surface area contributed by atoms with Crippen LogP contribution in [0, 0.1) is 5.92 Å². The van der Waals surface area contributed by atoms with Crippen molar-refractivity contribution in [2.24, 2.45) is 5.92 Å². The lowest BCUT2D eigenvalue weighted by Crippen LogP contribution is -2.40. The highest BCUT2D eigenvalue weighted by Crippen LogP contribution is 2.32. The highest BCUT2D eigenvalue weighted by Gasteiger charge is 2.33. The Hall–Kier alpha value is -1.93. The molecule has 3 rings (SSSR count). The summed E-state index contributed by atoms with van der Waals surface area (Å²) in [5.41, 5.74) is 1.62. The summed E-state index contributed by atoms with van der Waals surface area (Å²) in [6, 6.07) is 4.84. The van der Waals surface area contributed by atoms with Gasteiger partial charge in [-0.05, 0) is 43.0 Å². The van der Waals surface area contributed by atoms with Gasteiger partial charge in [-0.15, -0.1) is 0 Å². The van der Waals surface area contributed by atoms with Gasteiger partial charge in [0.15, 0.2) is 0 Å². The smallest absolute Gasteiger partial charge is 0.306 e. The van der Waals surface area contributed by atoms with Gasteiger partial charge in [0.2, 0.25) is 15.9 Å². The molecule has 24 heavy (non-hydrogen) atoms. The van der Waals surface area contributed by atoms with Gasteiger partial charge in [0.1, 0.15) is 0 Å².